The molecule has 7 nitrogen and oxygen atoms in total. The number of nitrogens with zero attached hydrogens (tertiary/aromatic N) is 2. The van der Waals surface area contributed by atoms with Gasteiger partial charge in [-0.05, 0) is 71.4 Å². The van der Waals surface area contributed by atoms with Crippen LogP contribution in [0.25, 0.3) is 0 Å². The number of hydrogen-bond acceptors (Lipinski definition) is 6. The van der Waals surface area contributed by atoms with Crippen LogP contribution < -0.4 is 0 Å². The molecule has 0 saturated carbocycles. The molecule has 58 heavy (non-hydrogen) atoms. The molecule has 344 valence electrons. The summed E-state index contributed by atoms with van der Waals surface area (Å²) in [6, 6.07) is 0.183. The summed E-state index contributed by atoms with van der Waals surface area (Å²) in [4.78, 5) is 43.5. The number of carbonyl (C=O) groups is 3. The second kappa shape index (κ2) is 43.5. The van der Waals surface area contributed by atoms with E-state index in [1.807, 2.05) is 0 Å². The molecule has 0 aromatic heterocycles. The van der Waals surface area contributed by atoms with Crippen molar-refractivity contribution in [2.75, 3.05) is 40.4 Å². The molecule has 2 atom stereocenters. The standard InChI is InChI=1S/C51H100N2O5/c1-7-11-15-18-20-22-23-24-26-28-35-45-57-50(55)41-33-31-39-48(38-30-27-25-21-19-16-12-8-2)53(44-43-52(5)6)49(54)40-32-34-42-51(56)58-46-47(36-14-10-4)37-29-17-13-9-3/h47-48H,7-46H2,1-6H3. The number of unbranched alkanes of at least 4 members (excludes halogenated alkanes) is 23. The van der Waals surface area contributed by atoms with E-state index in [1.165, 1.54) is 141 Å². The number of likely N-dealkylation sites (N-methyl/N-ethyl adjacent to an activating group) is 1. The van der Waals surface area contributed by atoms with Crippen molar-refractivity contribution in [3.8, 4) is 0 Å². The number of amides is 1. The van der Waals surface area contributed by atoms with Crippen LogP contribution in [0.2, 0.25) is 0 Å². The second-order valence-corrected chi connectivity index (χ2v) is 18.1. The quantitative estimate of drug-likeness (QED) is 0.0450. The maximum absolute atomic E-state index is 13.9. The Labute approximate surface area is 361 Å². The fourth-order valence-corrected chi connectivity index (χ4v) is 8.10. The van der Waals surface area contributed by atoms with Crippen LogP contribution in [0.1, 0.15) is 259 Å². The Morgan fingerprint density at radius 1 is 0.414 bits per heavy atom. The molecule has 0 rings (SSSR count). The smallest absolute Gasteiger partial charge is 0.305 e. The van der Waals surface area contributed by atoms with Crippen LogP contribution in [0, 0.1) is 5.92 Å². The average Bonchev–Trinajstić information content (AvgIpc) is 3.21. The van der Waals surface area contributed by atoms with E-state index in [9.17, 15) is 14.4 Å². The van der Waals surface area contributed by atoms with Crippen molar-refractivity contribution in [3.63, 3.8) is 0 Å². The van der Waals surface area contributed by atoms with Crippen molar-refractivity contribution in [3.05, 3.63) is 0 Å². The zero-order valence-corrected chi connectivity index (χ0v) is 39.9. The molecule has 0 aromatic carbocycles. The summed E-state index contributed by atoms with van der Waals surface area (Å²) in [6.07, 6.45) is 40.4. The molecule has 0 fully saturated rings. The van der Waals surface area contributed by atoms with Gasteiger partial charge in [0.1, 0.15) is 0 Å². The van der Waals surface area contributed by atoms with Crippen LogP contribution in [0.3, 0.4) is 0 Å². The van der Waals surface area contributed by atoms with E-state index in [2.05, 4.69) is 51.6 Å². The van der Waals surface area contributed by atoms with Gasteiger partial charge in [0, 0.05) is 38.4 Å². The third kappa shape index (κ3) is 37.4. The summed E-state index contributed by atoms with van der Waals surface area (Å²) in [6.45, 7) is 11.6. The molecule has 2 unspecified atom stereocenters. The van der Waals surface area contributed by atoms with Crippen molar-refractivity contribution in [2.45, 2.75) is 265 Å². The Balaban J connectivity index is 4.92. The fraction of sp³-hybridized carbons (Fsp3) is 0.941. The van der Waals surface area contributed by atoms with Crippen molar-refractivity contribution in [1.82, 2.24) is 9.80 Å². The third-order valence-electron chi connectivity index (χ3n) is 12.1. The Morgan fingerprint density at radius 3 is 1.34 bits per heavy atom. The second-order valence-electron chi connectivity index (χ2n) is 18.1. The summed E-state index contributed by atoms with van der Waals surface area (Å²) in [7, 11) is 4.14. The van der Waals surface area contributed by atoms with E-state index in [-0.39, 0.29) is 23.9 Å². The highest BCUT2D eigenvalue weighted by Crippen LogP contribution is 2.22. The predicted molar refractivity (Wildman–Crippen MR) is 248 cm³/mol. The largest absolute Gasteiger partial charge is 0.466 e. The molecule has 0 bridgehead atoms. The lowest BCUT2D eigenvalue weighted by atomic mass is 9.96. The number of ether oxygens (including phenoxy) is 2. The van der Waals surface area contributed by atoms with Crippen LogP contribution in [0.4, 0.5) is 0 Å². The van der Waals surface area contributed by atoms with E-state index in [0.29, 0.717) is 57.8 Å². The molecule has 0 aliphatic carbocycles. The molecule has 0 N–H and O–H groups in total. The van der Waals surface area contributed by atoms with E-state index in [1.54, 1.807) is 0 Å². The third-order valence-corrected chi connectivity index (χ3v) is 12.1. The lowest BCUT2D eigenvalue weighted by molar-refractivity contribution is -0.145. The first kappa shape index (κ1) is 56.4. The van der Waals surface area contributed by atoms with Gasteiger partial charge < -0.3 is 19.3 Å². The average molecular weight is 821 g/mol. The highest BCUT2D eigenvalue weighted by Gasteiger charge is 2.23. The van der Waals surface area contributed by atoms with Crippen LogP contribution in [-0.2, 0) is 23.9 Å². The zero-order valence-electron chi connectivity index (χ0n) is 39.9. The van der Waals surface area contributed by atoms with E-state index in [4.69, 9.17) is 9.47 Å². The number of rotatable bonds is 45. The Morgan fingerprint density at radius 2 is 0.810 bits per heavy atom. The zero-order chi connectivity index (χ0) is 42.7. The highest BCUT2D eigenvalue weighted by molar-refractivity contribution is 5.76. The maximum atomic E-state index is 13.9. The normalized spacial score (nSPS) is 12.5. The van der Waals surface area contributed by atoms with E-state index < -0.39 is 0 Å². The van der Waals surface area contributed by atoms with Crippen molar-refractivity contribution >= 4 is 17.8 Å². The molecule has 0 spiro atoms. The highest BCUT2D eigenvalue weighted by atomic mass is 16.5. The Hall–Kier alpha value is -1.63. The molecular weight excluding hydrogens is 721 g/mol. The van der Waals surface area contributed by atoms with Crippen LogP contribution in [0.15, 0.2) is 0 Å². The summed E-state index contributed by atoms with van der Waals surface area (Å²) < 4.78 is 11.4. The van der Waals surface area contributed by atoms with Gasteiger partial charge in [-0.25, -0.2) is 0 Å². The Kier molecular flexibility index (Phi) is 42.2. The van der Waals surface area contributed by atoms with Crippen molar-refractivity contribution in [1.29, 1.82) is 0 Å². The molecule has 0 aromatic rings. The van der Waals surface area contributed by atoms with Gasteiger partial charge in [0.25, 0.3) is 0 Å². The first-order valence-electron chi connectivity index (χ1n) is 25.5. The fourth-order valence-electron chi connectivity index (χ4n) is 8.10. The van der Waals surface area contributed by atoms with Gasteiger partial charge in [-0.1, -0.05) is 188 Å². The molecule has 0 aliphatic heterocycles. The SMILES string of the molecule is CCCCCCCCCCCCCOC(=O)CCCCC(CCCCCCCCCC)N(CCN(C)C)C(=O)CCCCC(=O)OCC(CCCC)CCCCCC. The molecule has 0 aliphatic rings. The van der Waals surface area contributed by atoms with Crippen molar-refractivity contribution < 1.29 is 23.9 Å². The molecule has 0 radical (unpaired) electrons. The topological polar surface area (TPSA) is 76.2 Å². The monoisotopic (exact) mass is 821 g/mol. The van der Waals surface area contributed by atoms with Gasteiger partial charge in [-0.3, -0.25) is 14.4 Å². The van der Waals surface area contributed by atoms with Gasteiger partial charge in [0.15, 0.2) is 0 Å². The predicted octanol–water partition coefficient (Wildman–Crippen LogP) is 14.6. The molecular formula is C51H100N2O5. The molecule has 7 heteroatoms. The minimum atomic E-state index is -0.114. The Bertz CT molecular complexity index is 911. The van der Waals surface area contributed by atoms with Crippen LogP contribution >= 0.6 is 0 Å². The van der Waals surface area contributed by atoms with Gasteiger partial charge in [0.2, 0.25) is 5.91 Å². The minimum absolute atomic E-state index is 0.0748. The van der Waals surface area contributed by atoms with Crippen molar-refractivity contribution in [2.24, 2.45) is 5.92 Å². The van der Waals surface area contributed by atoms with Gasteiger partial charge >= 0.3 is 11.9 Å². The lowest BCUT2D eigenvalue weighted by Crippen LogP contribution is -2.44. The van der Waals surface area contributed by atoms with Crippen LogP contribution in [-0.4, -0.2) is 74.1 Å². The van der Waals surface area contributed by atoms with E-state index in [0.717, 1.165) is 64.3 Å². The summed E-state index contributed by atoms with van der Waals surface area (Å²) in [5, 5.41) is 0. The summed E-state index contributed by atoms with van der Waals surface area (Å²) >= 11 is 0. The molecule has 0 heterocycles. The number of carbonyl (C=O) groups excluding carboxylic acids is 3. The minimum Gasteiger partial charge on any atom is -0.466 e. The lowest BCUT2D eigenvalue weighted by Gasteiger charge is -2.33. The van der Waals surface area contributed by atoms with Crippen LogP contribution in [0.5, 0.6) is 0 Å². The first-order chi connectivity index (χ1) is 28.3. The number of esters is 2. The molecule has 1 amide bonds. The van der Waals surface area contributed by atoms with Gasteiger partial charge in [-0.2, -0.15) is 0 Å². The summed E-state index contributed by atoms with van der Waals surface area (Å²) in [5.74, 6) is 0.486. The van der Waals surface area contributed by atoms with Gasteiger partial charge in [0.05, 0.1) is 13.2 Å². The summed E-state index contributed by atoms with van der Waals surface area (Å²) in [5.41, 5.74) is 0. The van der Waals surface area contributed by atoms with Gasteiger partial charge in [-0.15, -0.1) is 0 Å². The molecule has 0 saturated heterocycles. The number of hydrogen-bond donors (Lipinski definition) is 0. The maximum Gasteiger partial charge on any atom is 0.305 e. The first-order valence-corrected chi connectivity index (χ1v) is 25.5. The van der Waals surface area contributed by atoms with E-state index >= 15 is 0 Å².